The predicted octanol–water partition coefficient (Wildman–Crippen LogP) is 1.05. The molecule has 0 bridgehead atoms. The highest BCUT2D eigenvalue weighted by Crippen LogP contribution is 2.28. The first-order valence-corrected chi connectivity index (χ1v) is 7.29. The third kappa shape index (κ3) is 3.96. The molecule has 0 aromatic carbocycles. The summed E-state index contributed by atoms with van der Waals surface area (Å²) in [4.78, 5) is 23.4. The molecular weight excluding hydrogens is 272 g/mol. The molecule has 0 unspecified atom stereocenters. The van der Waals surface area contributed by atoms with Gasteiger partial charge in [0.15, 0.2) is 0 Å². The van der Waals surface area contributed by atoms with E-state index in [4.69, 9.17) is 0 Å². The normalized spacial score (nSPS) is 17.2. The van der Waals surface area contributed by atoms with E-state index in [1.54, 1.807) is 10.9 Å². The zero-order valence-corrected chi connectivity index (χ0v) is 12.3. The average Bonchev–Trinajstić information content (AvgIpc) is 2.85. The van der Waals surface area contributed by atoms with Crippen LogP contribution in [0.4, 0.5) is 4.79 Å². The summed E-state index contributed by atoms with van der Waals surface area (Å²) >= 11 is 0. The van der Waals surface area contributed by atoms with Crippen molar-refractivity contribution in [2.75, 3.05) is 6.54 Å². The van der Waals surface area contributed by atoms with E-state index in [0.717, 1.165) is 24.8 Å². The molecule has 0 saturated heterocycles. The summed E-state index contributed by atoms with van der Waals surface area (Å²) in [5.41, 5.74) is -0.0696. The number of hydrogen-bond acceptors (Lipinski definition) is 3. The van der Waals surface area contributed by atoms with Gasteiger partial charge in [-0.1, -0.05) is 19.3 Å². The van der Waals surface area contributed by atoms with Crippen LogP contribution in [0.15, 0.2) is 12.4 Å². The van der Waals surface area contributed by atoms with E-state index in [0.29, 0.717) is 25.8 Å². The zero-order valence-electron chi connectivity index (χ0n) is 12.3. The zero-order chi connectivity index (χ0) is 15.3. The Kier molecular flexibility index (Phi) is 4.82. The van der Waals surface area contributed by atoms with Gasteiger partial charge in [0.05, 0.1) is 6.20 Å². The number of aryl methyl sites for hydroxylation is 1. The topological polar surface area (TPSA) is 96.2 Å². The SMILES string of the molecule is Cn1cc(CCNC(=O)NC2(C(=O)O)CCCCC2)cn1. The van der Waals surface area contributed by atoms with Crippen LogP contribution < -0.4 is 10.6 Å². The molecule has 7 nitrogen and oxygen atoms in total. The minimum absolute atomic E-state index is 0.414. The highest BCUT2D eigenvalue weighted by atomic mass is 16.4. The molecule has 1 heterocycles. The summed E-state index contributed by atoms with van der Waals surface area (Å²) in [7, 11) is 1.84. The van der Waals surface area contributed by atoms with Gasteiger partial charge in [0.2, 0.25) is 0 Å². The van der Waals surface area contributed by atoms with Crippen molar-refractivity contribution >= 4 is 12.0 Å². The van der Waals surface area contributed by atoms with E-state index in [-0.39, 0.29) is 0 Å². The van der Waals surface area contributed by atoms with Crippen LogP contribution in [-0.4, -0.2) is 39.0 Å². The van der Waals surface area contributed by atoms with E-state index in [2.05, 4.69) is 15.7 Å². The molecule has 0 spiro atoms. The van der Waals surface area contributed by atoms with Crippen LogP contribution in [0.5, 0.6) is 0 Å². The van der Waals surface area contributed by atoms with Crippen LogP contribution in [-0.2, 0) is 18.3 Å². The van der Waals surface area contributed by atoms with Gasteiger partial charge in [-0.3, -0.25) is 4.68 Å². The van der Waals surface area contributed by atoms with Crippen molar-refractivity contribution in [3.8, 4) is 0 Å². The Balaban J connectivity index is 1.81. The third-order valence-electron chi connectivity index (χ3n) is 3.93. The number of rotatable bonds is 5. The number of aliphatic carboxylic acids is 1. The number of hydrogen-bond donors (Lipinski definition) is 3. The van der Waals surface area contributed by atoms with Gasteiger partial charge in [-0.25, -0.2) is 9.59 Å². The molecule has 21 heavy (non-hydrogen) atoms. The Labute approximate surface area is 123 Å². The quantitative estimate of drug-likeness (QED) is 0.756. The lowest BCUT2D eigenvalue weighted by Gasteiger charge is -2.33. The number of carboxylic acids is 1. The van der Waals surface area contributed by atoms with E-state index >= 15 is 0 Å². The molecule has 2 amide bonds. The number of carbonyl (C=O) groups excluding carboxylic acids is 1. The molecule has 0 aliphatic heterocycles. The Morgan fingerprint density at radius 1 is 1.38 bits per heavy atom. The maximum absolute atomic E-state index is 11.9. The molecule has 1 fully saturated rings. The number of aromatic nitrogens is 2. The second kappa shape index (κ2) is 6.60. The molecule has 1 saturated carbocycles. The molecule has 1 aromatic rings. The van der Waals surface area contributed by atoms with Crippen molar-refractivity contribution in [3.63, 3.8) is 0 Å². The van der Waals surface area contributed by atoms with Gasteiger partial charge < -0.3 is 15.7 Å². The highest BCUT2D eigenvalue weighted by molar-refractivity contribution is 5.86. The summed E-state index contributed by atoms with van der Waals surface area (Å²) in [6, 6.07) is -0.414. The maximum atomic E-state index is 11.9. The second-order valence-corrected chi connectivity index (χ2v) is 5.60. The largest absolute Gasteiger partial charge is 0.480 e. The molecular formula is C14H22N4O3. The van der Waals surface area contributed by atoms with Gasteiger partial charge in [-0.15, -0.1) is 0 Å². The van der Waals surface area contributed by atoms with Crippen LogP contribution in [0.1, 0.15) is 37.7 Å². The number of urea groups is 1. The Morgan fingerprint density at radius 3 is 2.67 bits per heavy atom. The average molecular weight is 294 g/mol. The smallest absolute Gasteiger partial charge is 0.329 e. The molecule has 0 atom stereocenters. The molecule has 1 aromatic heterocycles. The molecule has 116 valence electrons. The first-order chi connectivity index (χ1) is 10.0. The van der Waals surface area contributed by atoms with E-state index in [1.165, 1.54) is 0 Å². The molecule has 1 aliphatic carbocycles. The van der Waals surface area contributed by atoms with Gasteiger partial charge in [0, 0.05) is 19.8 Å². The second-order valence-electron chi connectivity index (χ2n) is 5.60. The van der Waals surface area contributed by atoms with Crippen molar-refractivity contribution in [3.05, 3.63) is 18.0 Å². The standard InChI is InChI=1S/C14H22N4O3/c1-18-10-11(9-16-18)5-8-15-13(21)17-14(12(19)20)6-3-2-4-7-14/h9-10H,2-8H2,1H3,(H,19,20)(H2,15,17,21). The molecule has 1 aliphatic rings. The van der Waals surface area contributed by atoms with Gasteiger partial charge in [-0.05, 0) is 24.8 Å². The van der Waals surface area contributed by atoms with E-state index in [9.17, 15) is 14.7 Å². The Morgan fingerprint density at radius 2 is 2.10 bits per heavy atom. The summed E-state index contributed by atoms with van der Waals surface area (Å²) in [6.07, 6.45) is 8.00. The van der Waals surface area contributed by atoms with Gasteiger partial charge >= 0.3 is 12.0 Å². The number of nitrogens with zero attached hydrogens (tertiary/aromatic N) is 2. The van der Waals surface area contributed by atoms with Crippen LogP contribution in [0.25, 0.3) is 0 Å². The van der Waals surface area contributed by atoms with Crippen molar-refractivity contribution < 1.29 is 14.7 Å². The number of nitrogens with one attached hydrogen (secondary N) is 2. The van der Waals surface area contributed by atoms with Crippen molar-refractivity contribution in [1.29, 1.82) is 0 Å². The maximum Gasteiger partial charge on any atom is 0.329 e. The number of amides is 2. The first kappa shape index (κ1) is 15.3. The summed E-state index contributed by atoms with van der Waals surface area (Å²) in [5.74, 6) is -0.940. The number of carboxylic acid groups (broad SMARTS) is 1. The molecule has 3 N–H and O–H groups in total. The van der Waals surface area contributed by atoms with Crippen LogP contribution in [0, 0.1) is 0 Å². The first-order valence-electron chi connectivity index (χ1n) is 7.29. The van der Waals surface area contributed by atoms with Gasteiger partial charge in [0.25, 0.3) is 0 Å². The summed E-state index contributed by atoms with van der Waals surface area (Å²) < 4.78 is 1.71. The summed E-state index contributed by atoms with van der Waals surface area (Å²) in [5, 5.41) is 18.8. The monoisotopic (exact) mass is 294 g/mol. The number of carbonyl (C=O) groups is 2. The minimum Gasteiger partial charge on any atom is -0.480 e. The van der Waals surface area contributed by atoms with Crippen LogP contribution >= 0.6 is 0 Å². The van der Waals surface area contributed by atoms with Crippen molar-refractivity contribution in [1.82, 2.24) is 20.4 Å². The predicted molar refractivity (Wildman–Crippen MR) is 76.9 cm³/mol. The third-order valence-corrected chi connectivity index (χ3v) is 3.93. The van der Waals surface area contributed by atoms with E-state index < -0.39 is 17.5 Å². The lowest BCUT2D eigenvalue weighted by Crippen LogP contribution is -2.58. The fourth-order valence-electron chi connectivity index (χ4n) is 2.73. The lowest BCUT2D eigenvalue weighted by atomic mass is 9.82. The lowest BCUT2D eigenvalue weighted by molar-refractivity contribution is -0.145. The minimum atomic E-state index is -1.10. The fourth-order valence-corrected chi connectivity index (χ4v) is 2.73. The van der Waals surface area contributed by atoms with Gasteiger partial charge in [0.1, 0.15) is 5.54 Å². The van der Waals surface area contributed by atoms with Crippen LogP contribution in [0.2, 0.25) is 0 Å². The molecule has 2 rings (SSSR count). The Hall–Kier alpha value is -2.05. The van der Waals surface area contributed by atoms with Crippen molar-refractivity contribution in [2.45, 2.75) is 44.1 Å². The molecule has 7 heteroatoms. The van der Waals surface area contributed by atoms with Crippen LogP contribution in [0.3, 0.4) is 0 Å². The fraction of sp³-hybridized carbons (Fsp3) is 0.643. The Bertz CT molecular complexity index is 506. The summed E-state index contributed by atoms with van der Waals surface area (Å²) in [6.45, 7) is 0.452. The van der Waals surface area contributed by atoms with Crippen molar-refractivity contribution in [2.24, 2.45) is 7.05 Å². The highest BCUT2D eigenvalue weighted by Gasteiger charge is 2.40. The van der Waals surface area contributed by atoms with E-state index in [1.807, 2.05) is 13.2 Å². The molecule has 0 radical (unpaired) electrons. The van der Waals surface area contributed by atoms with Gasteiger partial charge in [-0.2, -0.15) is 5.10 Å².